The van der Waals surface area contributed by atoms with Gasteiger partial charge in [-0.3, -0.25) is 0 Å². The van der Waals surface area contributed by atoms with Gasteiger partial charge in [-0.2, -0.15) is 0 Å². The van der Waals surface area contributed by atoms with Crippen molar-refractivity contribution in [2.45, 2.75) is 305 Å². The lowest BCUT2D eigenvalue weighted by Crippen LogP contribution is -2.08. The SMILES string of the molecule is C.C.C.C.C.C.C.C.C.C.C.C.C#CCC.C=C(C)CC(C)C=CC.C=C(C)CCC.C=C(CC(CC(/C=C\c1ccccc1)c1ccccc1)c1ccccc1)c1ccccc1.C=C(CC(CC(C)c1ccccc1)c1ccccc1)c1ccccc1.C=CCC.CC.CC(CC(CC(C)c1ccccc1)c1ccccc1)c1ccccc1.CCC. The summed E-state index contributed by atoms with van der Waals surface area (Å²) in [6.07, 6.45) is 28.7. The van der Waals surface area contributed by atoms with Gasteiger partial charge in [0.15, 0.2) is 0 Å². The van der Waals surface area contributed by atoms with Gasteiger partial charge < -0.3 is 0 Å². The van der Waals surface area contributed by atoms with E-state index in [2.05, 4.69) is 443 Å². The van der Waals surface area contributed by atoms with Crippen LogP contribution in [0.3, 0.4) is 0 Å². The first-order valence-corrected chi connectivity index (χ1v) is 40.9. The minimum atomic E-state index is 0. The van der Waals surface area contributed by atoms with Crippen LogP contribution in [0.1, 0.15) is 360 Å². The largest absolute Gasteiger partial charge is 0.120 e. The Labute approximate surface area is 762 Å². The maximum absolute atomic E-state index is 4.78. The van der Waals surface area contributed by atoms with Crippen molar-refractivity contribution in [1.29, 1.82) is 0 Å². The standard InChI is InChI=1S/C32H30.C25H28.C25H26.C9H16.C6H12.C4H8.C4H6.C3H8.C2H6.12CH4/c1-26(28-16-8-3-9-17-28)24-32(30-20-12-5-13-21-30)25-31(29-18-10-4-11-19-29)23-22-27-14-6-2-7-15-27;2*1-20(22-12-6-3-7-13-22)18-25(24-16-10-5-11-17-24)19-21(2)23-14-8-4-9-15-23;1-5-6-9(4)7-8(2)3;1-4-5-6(2)3;2*1-3-4-2;1-3-2;1-2;;;;;;;;;;;;/h2-23,31-32H,1,24-25H2;3-17,20-21,25H,18-19H2,1-2H3;3-17,21,25H,1,18-19H2,2H3;5-6,9H,2,7H2,1,3-4H3;2,4-5H2,1,3H3;3H,1,4H2,2H3;1H,4H2,2H3;3H2,1-2H3;1-2H3;12*1H4/b23-22-;;;;;;;;;;;;;;;;;;;;. The molecule has 10 rings (SSSR count). The summed E-state index contributed by atoms with van der Waals surface area (Å²) in [5.41, 5.74) is 18.6. The van der Waals surface area contributed by atoms with Crippen molar-refractivity contribution in [2.24, 2.45) is 5.92 Å². The van der Waals surface area contributed by atoms with E-state index in [0.717, 1.165) is 44.9 Å². The molecule has 0 aliphatic rings. The smallest absolute Gasteiger partial charge is 0.00576 e. The molecule has 10 aromatic carbocycles. The summed E-state index contributed by atoms with van der Waals surface area (Å²) in [6.45, 7) is 49.7. The molecule has 0 N–H and O–H groups in total. The first-order valence-electron chi connectivity index (χ1n) is 40.9. The summed E-state index contributed by atoms with van der Waals surface area (Å²) in [5.74, 6) is 6.50. The number of terminal acetylenes is 1. The van der Waals surface area contributed by atoms with Crippen LogP contribution in [0.5, 0.6) is 0 Å². The van der Waals surface area contributed by atoms with E-state index in [-0.39, 0.29) is 89.1 Å². The van der Waals surface area contributed by atoms with Gasteiger partial charge in [0.25, 0.3) is 0 Å². The summed E-state index contributed by atoms with van der Waals surface area (Å²) >= 11 is 0. The molecule has 0 aliphatic heterocycles. The Balaban J connectivity index is -0.000000140. The lowest BCUT2D eigenvalue weighted by atomic mass is 9.80. The van der Waals surface area contributed by atoms with Gasteiger partial charge in [-0.1, -0.05) is 536 Å². The summed E-state index contributed by atoms with van der Waals surface area (Å²) in [6, 6.07) is 108. The fraction of sp³-hybridized carbons (Fsp3) is 0.377. The predicted molar refractivity (Wildman–Crippen MR) is 576 cm³/mol. The van der Waals surface area contributed by atoms with Gasteiger partial charge in [-0.25, -0.2) is 0 Å². The Morgan fingerprint density at radius 3 is 0.836 bits per heavy atom. The Bertz CT molecular complexity index is 3930. The van der Waals surface area contributed by atoms with E-state index in [0.29, 0.717) is 47.3 Å². The third-order valence-electron chi connectivity index (χ3n) is 18.6. The molecule has 0 fully saturated rings. The summed E-state index contributed by atoms with van der Waals surface area (Å²) < 4.78 is 0. The average molecular weight is 1650 g/mol. The highest BCUT2D eigenvalue weighted by Crippen LogP contribution is 2.40. The van der Waals surface area contributed by atoms with E-state index in [9.17, 15) is 0 Å². The zero-order chi connectivity index (χ0) is 80.8. The highest BCUT2D eigenvalue weighted by Gasteiger charge is 2.23. The van der Waals surface area contributed by atoms with Crippen molar-refractivity contribution >= 4 is 17.2 Å². The normalized spacial score (nSPS) is 11.1. The molecule has 0 radical (unpaired) electrons. The molecule has 0 spiro atoms. The summed E-state index contributed by atoms with van der Waals surface area (Å²) in [7, 11) is 0. The van der Waals surface area contributed by atoms with Crippen molar-refractivity contribution < 1.29 is 0 Å². The van der Waals surface area contributed by atoms with Crippen LogP contribution in [0.2, 0.25) is 0 Å². The van der Waals surface area contributed by atoms with Crippen LogP contribution in [-0.4, -0.2) is 0 Å². The highest BCUT2D eigenvalue weighted by atomic mass is 14.3. The molecule has 0 aliphatic carbocycles. The second-order valence-electron chi connectivity index (χ2n) is 28.7. The van der Waals surface area contributed by atoms with Gasteiger partial charge in [0, 0.05) is 12.3 Å². The fourth-order valence-electron chi connectivity index (χ4n) is 12.9. The lowest BCUT2D eigenvalue weighted by molar-refractivity contribution is 0.489. The number of hydrogen-bond acceptors (Lipinski definition) is 0. The van der Waals surface area contributed by atoms with Crippen LogP contribution in [0.15, 0.2) is 372 Å². The molecular formula is C122H188. The summed E-state index contributed by atoms with van der Waals surface area (Å²) in [4.78, 5) is 0. The van der Waals surface area contributed by atoms with Gasteiger partial charge in [0.2, 0.25) is 0 Å². The molecule has 0 bridgehead atoms. The molecule has 0 heterocycles. The van der Waals surface area contributed by atoms with Crippen LogP contribution in [-0.2, 0) is 0 Å². The minimum Gasteiger partial charge on any atom is -0.120 e. The van der Waals surface area contributed by atoms with Crippen molar-refractivity contribution in [2.75, 3.05) is 0 Å². The minimum absolute atomic E-state index is 0. The lowest BCUT2D eigenvalue weighted by Gasteiger charge is -2.25. The first kappa shape index (κ1) is 135. The quantitative estimate of drug-likeness (QED) is 0.0324. The monoisotopic (exact) mass is 1650 g/mol. The van der Waals surface area contributed by atoms with Crippen LogP contribution in [0.25, 0.3) is 17.2 Å². The molecule has 0 saturated heterocycles. The van der Waals surface area contributed by atoms with Crippen molar-refractivity contribution in [3.05, 3.63) is 427 Å². The van der Waals surface area contributed by atoms with Crippen molar-refractivity contribution in [3.8, 4) is 12.3 Å². The number of hydrogen-bond donors (Lipinski definition) is 0. The van der Waals surface area contributed by atoms with Gasteiger partial charge in [-0.15, -0.1) is 32.1 Å². The van der Waals surface area contributed by atoms with E-state index in [1.807, 2.05) is 26.8 Å². The maximum Gasteiger partial charge on any atom is 0.00576 e. The second-order valence-corrected chi connectivity index (χ2v) is 28.7. The zero-order valence-electron chi connectivity index (χ0n) is 70.5. The number of rotatable bonds is 29. The molecule has 0 nitrogen and oxygen atoms in total. The van der Waals surface area contributed by atoms with Crippen LogP contribution < -0.4 is 0 Å². The van der Waals surface area contributed by atoms with Gasteiger partial charge >= 0.3 is 0 Å². The molecule has 10 aromatic rings. The molecule has 0 aromatic heterocycles. The van der Waals surface area contributed by atoms with E-state index < -0.39 is 0 Å². The third-order valence-corrected chi connectivity index (χ3v) is 18.6. The molecule has 122 heavy (non-hydrogen) atoms. The molecule has 0 saturated carbocycles. The van der Waals surface area contributed by atoms with E-state index >= 15 is 0 Å². The first-order chi connectivity index (χ1) is 53.4. The third kappa shape index (κ3) is 60.4. The van der Waals surface area contributed by atoms with Gasteiger partial charge in [0.1, 0.15) is 0 Å². The van der Waals surface area contributed by atoms with Crippen molar-refractivity contribution in [1.82, 2.24) is 0 Å². The Morgan fingerprint density at radius 1 is 0.344 bits per heavy atom. The van der Waals surface area contributed by atoms with E-state index in [1.165, 1.54) is 110 Å². The van der Waals surface area contributed by atoms with E-state index in [4.69, 9.17) is 6.42 Å². The topological polar surface area (TPSA) is 0 Å². The maximum atomic E-state index is 4.78. The number of allylic oxidation sites excluding steroid dienone is 8. The molecule has 0 amide bonds. The summed E-state index contributed by atoms with van der Waals surface area (Å²) in [5, 5.41) is 0. The number of benzene rings is 10. The van der Waals surface area contributed by atoms with Gasteiger partial charge in [-0.05, 0) is 187 Å². The highest BCUT2D eigenvalue weighted by molar-refractivity contribution is 5.65. The Morgan fingerprint density at radius 2 is 0.590 bits per heavy atom. The Kier molecular flexibility index (Phi) is 96.8. The fourth-order valence-corrected chi connectivity index (χ4v) is 12.9. The van der Waals surface area contributed by atoms with Crippen LogP contribution in [0, 0.1) is 18.3 Å². The van der Waals surface area contributed by atoms with Crippen molar-refractivity contribution in [3.63, 3.8) is 0 Å². The molecule has 676 valence electrons. The van der Waals surface area contributed by atoms with Crippen LogP contribution >= 0.6 is 0 Å². The molecule has 7 atom stereocenters. The van der Waals surface area contributed by atoms with Crippen LogP contribution in [0.4, 0.5) is 0 Å². The molecule has 7 unspecified atom stereocenters. The van der Waals surface area contributed by atoms with Gasteiger partial charge in [0.05, 0.1) is 0 Å². The predicted octanol–water partition coefficient (Wildman–Crippen LogP) is 41.2. The average Bonchev–Trinajstić information content (AvgIpc) is 0.853. The van der Waals surface area contributed by atoms with E-state index in [1.54, 1.807) is 0 Å². The Hall–Kier alpha value is -10.1. The molecular weight excluding hydrogens is 1470 g/mol. The molecule has 0 heteroatoms. The zero-order valence-corrected chi connectivity index (χ0v) is 70.5. The second kappa shape index (κ2) is 87.3.